The molecule has 1 amide bonds. The van der Waals surface area contributed by atoms with Gasteiger partial charge in [0.25, 0.3) is 0 Å². The number of nitrogens with zero attached hydrogens (tertiary/aromatic N) is 4. The number of amides is 1. The molecule has 3 aromatic rings. The molecular formula is C22H25ClN6OS. The van der Waals surface area contributed by atoms with Crippen molar-refractivity contribution < 1.29 is 4.79 Å². The van der Waals surface area contributed by atoms with Crippen LogP contribution in [0.5, 0.6) is 0 Å². The summed E-state index contributed by atoms with van der Waals surface area (Å²) >= 11 is 7.24. The van der Waals surface area contributed by atoms with Crippen LogP contribution in [0.15, 0.2) is 59.8 Å². The van der Waals surface area contributed by atoms with Gasteiger partial charge in [0.2, 0.25) is 11.1 Å². The molecule has 0 saturated carbocycles. The molecule has 31 heavy (non-hydrogen) atoms. The summed E-state index contributed by atoms with van der Waals surface area (Å²) < 4.78 is 1.41. The highest BCUT2D eigenvalue weighted by Gasteiger charge is 2.27. The van der Waals surface area contributed by atoms with E-state index in [1.54, 1.807) is 12.1 Å². The summed E-state index contributed by atoms with van der Waals surface area (Å²) in [4.78, 5) is 15.1. The summed E-state index contributed by atoms with van der Waals surface area (Å²) in [7, 11) is 0. The van der Waals surface area contributed by atoms with Crippen LogP contribution in [-0.2, 0) is 11.3 Å². The second-order valence-electron chi connectivity index (χ2n) is 7.66. The molecule has 1 saturated heterocycles. The number of rotatable bonds is 7. The molecule has 4 rings (SSSR count). The Labute approximate surface area is 190 Å². The van der Waals surface area contributed by atoms with Gasteiger partial charge in [-0.25, -0.2) is 4.68 Å². The molecule has 2 unspecified atom stereocenters. The molecule has 1 aliphatic rings. The van der Waals surface area contributed by atoms with Crippen molar-refractivity contribution in [3.05, 3.63) is 65.2 Å². The van der Waals surface area contributed by atoms with E-state index >= 15 is 0 Å². The lowest BCUT2D eigenvalue weighted by molar-refractivity contribution is -0.120. The first kappa shape index (κ1) is 21.7. The number of hydrogen-bond acceptors (Lipinski definition) is 6. The Balaban J connectivity index is 1.31. The summed E-state index contributed by atoms with van der Waals surface area (Å²) in [6.07, 6.45) is 0.948. The van der Waals surface area contributed by atoms with Gasteiger partial charge in [-0.15, -0.1) is 10.2 Å². The maximum absolute atomic E-state index is 12.7. The number of nitrogens with one attached hydrogen (secondary N) is 1. The predicted octanol–water partition coefficient (Wildman–Crippen LogP) is 3.18. The monoisotopic (exact) mass is 456 g/mol. The fourth-order valence-electron chi connectivity index (χ4n) is 3.62. The number of nitrogens with two attached hydrogens (primary N) is 1. The molecule has 3 N–H and O–H groups in total. The summed E-state index contributed by atoms with van der Waals surface area (Å²) in [6.45, 7) is 4.59. The molecule has 1 aliphatic heterocycles. The van der Waals surface area contributed by atoms with Crippen LogP contribution in [0, 0.1) is 0 Å². The van der Waals surface area contributed by atoms with E-state index in [0.29, 0.717) is 16.0 Å². The second kappa shape index (κ2) is 9.72. The fourth-order valence-corrected chi connectivity index (χ4v) is 4.52. The molecule has 1 aromatic heterocycles. The van der Waals surface area contributed by atoms with Gasteiger partial charge < -0.3 is 11.2 Å². The van der Waals surface area contributed by atoms with E-state index in [2.05, 4.69) is 44.7 Å². The van der Waals surface area contributed by atoms with Gasteiger partial charge in [0.05, 0.1) is 5.25 Å². The summed E-state index contributed by atoms with van der Waals surface area (Å²) in [5.41, 5.74) is 2.10. The SMILES string of the molecule is CC(Sc1nnc(-c2ccc(Cl)cc2)n1N)C(=O)NC1CCN(Cc2ccccc2)C1. The van der Waals surface area contributed by atoms with E-state index in [1.165, 1.54) is 22.0 Å². The molecule has 7 nitrogen and oxygen atoms in total. The van der Waals surface area contributed by atoms with E-state index < -0.39 is 0 Å². The Morgan fingerprint density at radius 1 is 1.23 bits per heavy atom. The minimum atomic E-state index is -0.340. The molecule has 162 valence electrons. The first-order valence-corrected chi connectivity index (χ1v) is 11.4. The number of halogens is 1. The summed E-state index contributed by atoms with van der Waals surface area (Å²) in [5, 5.41) is 12.3. The number of aromatic nitrogens is 3. The van der Waals surface area contributed by atoms with Crippen molar-refractivity contribution in [3.8, 4) is 11.4 Å². The fraction of sp³-hybridized carbons (Fsp3) is 0.318. The zero-order chi connectivity index (χ0) is 21.8. The maximum atomic E-state index is 12.7. The first-order valence-electron chi connectivity index (χ1n) is 10.2. The number of nitrogen functional groups attached to an aromatic ring is 1. The highest BCUT2D eigenvalue weighted by Crippen LogP contribution is 2.26. The molecule has 0 aliphatic carbocycles. The molecule has 0 spiro atoms. The third-order valence-corrected chi connectivity index (χ3v) is 6.59. The lowest BCUT2D eigenvalue weighted by atomic mass is 10.2. The summed E-state index contributed by atoms with van der Waals surface area (Å²) in [5.74, 6) is 6.68. The Hall–Kier alpha value is -2.55. The van der Waals surface area contributed by atoms with Crippen molar-refractivity contribution in [1.82, 2.24) is 25.1 Å². The average molecular weight is 457 g/mol. The molecule has 2 aromatic carbocycles. The first-order chi connectivity index (χ1) is 15.0. The zero-order valence-corrected chi connectivity index (χ0v) is 18.8. The smallest absolute Gasteiger partial charge is 0.233 e. The van der Waals surface area contributed by atoms with E-state index in [9.17, 15) is 4.79 Å². The van der Waals surface area contributed by atoms with Crippen LogP contribution >= 0.6 is 23.4 Å². The molecule has 2 atom stereocenters. The van der Waals surface area contributed by atoms with Gasteiger partial charge >= 0.3 is 0 Å². The molecule has 0 radical (unpaired) electrons. The average Bonchev–Trinajstić information content (AvgIpc) is 3.36. The van der Waals surface area contributed by atoms with Crippen molar-refractivity contribution >= 4 is 29.3 Å². The Bertz CT molecular complexity index is 1030. The molecule has 9 heteroatoms. The largest absolute Gasteiger partial charge is 0.351 e. The molecule has 0 bridgehead atoms. The number of likely N-dealkylation sites (tertiary alicyclic amines) is 1. The predicted molar refractivity (Wildman–Crippen MR) is 124 cm³/mol. The normalized spacial score (nSPS) is 17.5. The van der Waals surface area contributed by atoms with E-state index in [1.807, 2.05) is 25.1 Å². The van der Waals surface area contributed by atoms with Crippen molar-refractivity contribution in [1.29, 1.82) is 0 Å². The lowest BCUT2D eigenvalue weighted by Gasteiger charge is -2.18. The van der Waals surface area contributed by atoms with Crippen molar-refractivity contribution in [3.63, 3.8) is 0 Å². The Morgan fingerprint density at radius 3 is 2.71 bits per heavy atom. The van der Waals surface area contributed by atoms with E-state index in [4.69, 9.17) is 17.4 Å². The standard InChI is InChI=1S/C22H25ClN6OS/c1-15(31-22-27-26-20(29(22)24)17-7-9-18(23)10-8-17)21(30)25-19-11-12-28(14-19)13-16-5-3-2-4-6-16/h2-10,15,19H,11-14,24H2,1H3,(H,25,30). The number of benzene rings is 2. The molecule has 1 fully saturated rings. The quantitative estimate of drug-likeness (QED) is 0.419. The van der Waals surface area contributed by atoms with Gasteiger partial charge in [0.1, 0.15) is 0 Å². The minimum Gasteiger partial charge on any atom is -0.351 e. The lowest BCUT2D eigenvalue weighted by Crippen LogP contribution is -2.41. The van der Waals surface area contributed by atoms with Crippen molar-refractivity contribution in [2.75, 3.05) is 18.9 Å². The van der Waals surface area contributed by atoms with Crippen LogP contribution in [0.3, 0.4) is 0 Å². The van der Waals surface area contributed by atoms with E-state index in [-0.39, 0.29) is 17.2 Å². The Morgan fingerprint density at radius 2 is 1.97 bits per heavy atom. The van der Waals surface area contributed by atoms with Crippen LogP contribution in [0.2, 0.25) is 5.02 Å². The number of carbonyl (C=O) groups is 1. The van der Waals surface area contributed by atoms with E-state index in [0.717, 1.165) is 31.6 Å². The van der Waals surface area contributed by atoms with Gasteiger partial charge in [-0.3, -0.25) is 9.69 Å². The van der Waals surface area contributed by atoms with Crippen LogP contribution in [0.1, 0.15) is 18.9 Å². The van der Waals surface area contributed by atoms with Gasteiger partial charge in [0.15, 0.2) is 5.82 Å². The van der Waals surface area contributed by atoms with Gasteiger partial charge in [-0.05, 0) is 43.2 Å². The van der Waals surface area contributed by atoms with Crippen LogP contribution in [0.25, 0.3) is 11.4 Å². The van der Waals surface area contributed by atoms with Crippen molar-refractivity contribution in [2.24, 2.45) is 0 Å². The van der Waals surface area contributed by atoms with Crippen LogP contribution in [0.4, 0.5) is 0 Å². The zero-order valence-electron chi connectivity index (χ0n) is 17.2. The number of hydrogen-bond donors (Lipinski definition) is 2. The van der Waals surface area contributed by atoms with Crippen LogP contribution < -0.4 is 11.2 Å². The minimum absolute atomic E-state index is 0.0207. The highest BCUT2D eigenvalue weighted by atomic mass is 35.5. The third-order valence-electron chi connectivity index (χ3n) is 5.29. The summed E-state index contributed by atoms with van der Waals surface area (Å²) in [6, 6.07) is 17.8. The topological polar surface area (TPSA) is 89.1 Å². The third kappa shape index (κ3) is 5.39. The van der Waals surface area contributed by atoms with Crippen LogP contribution in [-0.4, -0.2) is 50.1 Å². The maximum Gasteiger partial charge on any atom is 0.233 e. The highest BCUT2D eigenvalue weighted by molar-refractivity contribution is 8.00. The van der Waals surface area contributed by atoms with Gasteiger partial charge in [0, 0.05) is 36.3 Å². The molecule has 2 heterocycles. The van der Waals surface area contributed by atoms with Gasteiger partial charge in [-0.1, -0.05) is 53.7 Å². The van der Waals surface area contributed by atoms with Gasteiger partial charge in [-0.2, -0.15) is 0 Å². The number of carbonyl (C=O) groups excluding carboxylic acids is 1. The molecular weight excluding hydrogens is 432 g/mol. The van der Waals surface area contributed by atoms with Crippen molar-refractivity contribution in [2.45, 2.75) is 36.3 Å². The second-order valence-corrected chi connectivity index (χ2v) is 9.40. The number of thioether (sulfide) groups is 1. The Kier molecular flexibility index (Phi) is 6.80.